The van der Waals surface area contributed by atoms with Crippen molar-refractivity contribution < 1.29 is 14.6 Å². The fourth-order valence-electron chi connectivity index (χ4n) is 1.34. The first kappa shape index (κ1) is 16.0. The number of aromatic nitrogens is 3. The lowest BCUT2D eigenvalue weighted by Gasteiger charge is -2.00. The molecule has 0 aliphatic rings. The molecule has 1 heterocycles. The van der Waals surface area contributed by atoms with Gasteiger partial charge in [0, 0.05) is 5.56 Å². The Morgan fingerprint density at radius 2 is 2.20 bits per heavy atom. The number of nitrogens with one attached hydrogen (secondary N) is 1. The maximum Gasteiger partial charge on any atom is 0.313 e. The van der Waals surface area contributed by atoms with E-state index in [0.29, 0.717) is 11.0 Å². The first-order valence-electron chi connectivity index (χ1n) is 6.10. The molecule has 1 aromatic heterocycles. The lowest BCUT2D eigenvalue weighted by atomic mass is 10.2. The van der Waals surface area contributed by atoms with Crippen LogP contribution in [0.1, 0.15) is 13.8 Å². The first-order valence-corrected chi connectivity index (χ1v) is 7.09. The summed E-state index contributed by atoms with van der Waals surface area (Å²) in [6.07, 6.45) is 0. The zero-order valence-electron chi connectivity index (χ0n) is 11.6. The summed E-state index contributed by atoms with van der Waals surface area (Å²) in [5.74, 6) is 0.355. The van der Waals surface area contributed by atoms with Crippen LogP contribution in [0.15, 0.2) is 29.4 Å². The number of ether oxygens (including phenoxy) is 1. The van der Waals surface area contributed by atoms with Gasteiger partial charge in [-0.1, -0.05) is 37.7 Å². The Morgan fingerprint density at radius 1 is 1.45 bits per heavy atom. The average molecular weight is 295 g/mol. The van der Waals surface area contributed by atoms with Gasteiger partial charge >= 0.3 is 5.97 Å². The molecular weight excluding hydrogens is 278 g/mol. The largest absolute Gasteiger partial charge is 0.497 e. The molecule has 0 aliphatic heterocycles. The van der Waals surface area contributed by atoms with Gasteiger partial charge in [-0.25, -0.2) is 4.98 Å². The van der Waals surface area contributed by atoms with E-state index in [1.807, 2.05) is 38.1 Å². The van der Waals surface area contributed by atoms with Gasteiger partial charge in [0.1, 0.15) is 5.75 Å². The van der Waals surface area contributed by atoms with Crippen molar-refractivity contribution in [3.63, 3.8) is 0 Å². The summed E-state index contributed by atoms with van der Waals surface area (Å²) >= 11 is 1.07. The monoisotopic (exact) mass is 295 g/mol. The van der Waals surface area contributed by atoms with Crippen molar-refractivity contribution in [2.45, 2.75) is 19.0 Å². The highest BCUT2D eigenvalue weighted by Crippen LogP contribution is 2.22. The number of aliphatic carboxylic acids is 1. The van der Waals surface area contributed by atoms with Crippen LogP contribution in [0.5, 0.6) is 5.75 Å². The van der Waals surface area contributed by atoms with Gasteiger partial charge in [0.05, 0.1) is 12.9 Å². The van der Waals surface area contributed by atoms with Crippen molar-refractivity contribution in [3.05, 3.63) is 24.3 Å². The Hall–Kier alpha value is -2.02. The number of carboxylic acid groups (broad SMARTS) is 1. The molecule has 0 atom stereocenters. The molecule has 108 valence electrons. The second kappa shape index (κ2) is 8.21. The van der Waals surface area contributed by atoms with Crippen molar-refractivity contribution in [2.75, 3.05) is 12.9 Å². The Morgan fingerprint density at radius 3 is 2.85 bits per heavy atom. The van der Waals surface area contributed by atoms with Gasteiger partial charge < -0.3 is 9.84 Å². The highest BCUT2D eigenvalue weighted by molar-refractivity contribution is 7.99. The van der Waals surface area contributed by atoms with Crippen molar-refractivity contribution in [3.8, 4) is 17.1 Å². The number of carbonyl (C=O) groups is 1. The van der Waals surface area contributed by atoms with E-state index >= 15 is 0 Å². The van der Waals surface area contributed by atoms with E-state index in [9.17, 15) is 4.79 Å². The van der Waals surface area contributed by atoms with E-state index in [0.717, 1.165) is 23.1 Å². The maximum atomic E-state index is 10.4. The molecule has 6 nitrogen and oxygen atoms in total. The summed E-state index contributed by atoms with van der Waals surface area (Å²) in [6, 6.07) is 7.38. The van der Waals surface area contributed by atoms with Gasteiger partial charge in [0.2, 0.25) is 5.16 Å². The van der Waals surface area contributed by atoms with E-state index < -0.39 is 5.97 Å². The smallest absolute Gasteiger partial charge is 0.313 e. The van der Waals surface area contributed by atoms with Crippen molar-refractivity contribution in [1.29, 1.82) is 0 Å². The number of nitrogens with zero attached hydrogens (tertiary/aromatic N) is 2. The maximum absolute atomic E-state index is 10.4. The topological polar surface area (TPSA) is 88.1 Å². The van der Waals surface area contributed by atoms with Crippen LogP contribution in [0.4, 0.5) is 0 Å². The molecule has 0 fully saturated rings. The SMILES string of the molecule is CC.COc1cccc(-c2nc(SCC(=O)O)n[nH]2)c1. The number of thioether (sulfide) groups is 1. The highest BCUT2D eigenvalue weighted by atomic mass is 32.2. The second-order valence-electron chi connectivity index (χ2n) is 3.38. The molecule has 1 aromatic carbocycles. The summed E-state index contributed by atoms with van der Waals surface area (Å²) in [5, 5.41) is 15.7. The molecule has 20 heavy (non-hydrogen) atoms. The molecule has 0 radical (unpaired) electrons. The number of H-pyrrole nitrogens is 1. The third-order valence-corrected chi connectivity index (χ3v) is 2.96. The van der Waals surface area contributed by atoms with Gasteiger partial charge in [-0.3, -0.25) is 9.89 Å². The van der Waals surface area contributed by atoms with Crippen LogP contribution in [0, 0.1) is 0 Å². The van der Waals surface area contributed by atoms with E-state index in [2.05, 4.69) is 15.2 Å². The number of rotatable bonds is 5. The number of hydrogen-bond acceptors (Lipinski definition) is 5. The number of hydrogen-bond donors (Lipinski definition) is 2. The van der Waals surface area contributed by atoms with Crippen LogP contribution in [-0.4, -0.2) is 39.1 Å². The second-order valence-corrected chi connectivity index (χ2v) is 4.32. The van der Waals surface area contributed by atoms with Crippen LogP contribution < -0.4 is 4.74 Å². The molecule has 0 aliphatic carbocycles. The van der Waals surface area contributed by atoms with E-state index in [4.69, 9.17) is 9.84 Å². The van der Waals surface area contributed by atoms with Crippen LogP contribution in [-0.2, 0) is 4.79 Å². The zero-order chi connectivity index (χ0) is 15.0. The van der Waals surface area contributed by atoms with Gasteiger partial charge in [0.15, 0.2) is 5.82 Å². The van der Waals surface area contributed by atoms with Gasteiger partial charge in [-0.05, 0) is 12.1 Å². The molecule has 0 unspecified atom stereocenters. The Kier molecular flexibility index (Phi) is 6.58. The number of methoxy groups -OCH3 is 1. The molecule has 7 heteroatoms. The van der Waals surface area contributed by atoms with Crippen LogP contribution in [0.2, 0.25) is 0 Å². The average Bonchev–Trinajstić information content (AvgIpc) is 2.96. The fraction of sp³-hybridized carbons (Fsp3) is 0.308. The molecule has 0 spiro atoms. The van der Waals surface area contributed by atoms with Crippen molar-refractivity contribution in [1.82, 2.24) is 15.2 Å². The molecule has 0 bridgehead atoms. The van der Waals surface area contributed by atoms with Gasteiger partial charge in [0.25, 0.3) is 0 Å². The summed E-state index contributed by atoms with van der Waals surface area (Å²) in [5.41, 5.74) is 0.837. The minimum atomic E-state index is -0.896. The molecule has 0 saturated carbocycles. The first-order chi connectivity index (χ1) is 9.69. The molecule has 0 saturated heterocycles. The van der Waals surface area contributed by atoms with Gasteiger partial charge in [-0.15, -0.1) is 5.10 Å². The van der Waals surface area contributed by atoms with Crippen molar-refractivity contribution >= 4 is 17.7 Å². The molecular formula is C13H17N3O3S. The van der Waals surface area contributed by atoms with E-state index in [-0.39, 0.29) is 5.75 Å². The van der Waals surface area contributed by atoms with Crippen LogP contribution in [0.25, 0.3) is 11.4 Å². The minimum Gasteiger partial charge on any atom is -0.497 e. The lowest BCUT2D eigenvalue weighted by Crippen LogP contribution is -1.97. The Balaban J connectivity index is 0.000000956. The quantitative estimate of drug-likeness (QED) is 0.824. The van der Waals surface area contributed by atoms with Crippen molar-refractivity contribution in [2.24, 2.45) is 0 Å². The third-order valence-electron chi connectivity index (χ3n) is 2.13. The van der Waals surface area contributed by atoms with E-state index in [1.165, 1.54) is 0 Å². The predicted molar refractivity (Wildman–Crippen MR) is 78.1 cm³/mol. The molecule has 2 aromatic rings. The zero-order valence-corrected chi connectivity index (χ0v) is 12.4. The summed E-state index contributed by atoms with van der Waals surface area (Å²) in [7, 11) is 1.59. The van der Waals surface area contributed by atoms with Crippen LogP contribution >= 0.6 is 11.8 Å². The minimum absolute atomic E-state index is 0.0601. The predicted octanol–water partition coefficient (Wildman–Crippen LogP) is 2.68. The molecule has 2 rings (SSSR count). The standard InChI is InChI=1S/C11H11N3O3S.C2H6/c1-17-8-4-2-3-7(5-8)10-12-11(14-13-10)18-6-9(15)16;1-2/h2-5H,6H2,1H3,(H,15,16)(H,12,13,14);1-2H3. The summed E-state index contributed by atoms with van der Waals surface area (Å²) < 4.78 is 5.12. The summed E-state index contributed by atoms with van der Waals surface area (Å²) in [4.78, 5) is 14.6. The number of carboxylic acids is 1. The molecule has 2 N–H and O–H groups in total. The Bertz CT molecular complexity index is 557. The number of aromatic amines is 1. The van der Waals surface area contributed by atoms with Crippen LogP contribution in [0.3, 0.4) is 0 Å². The van der Waals surface area contributed by atoms with E-state index in [1.54, 1.807) is 7.11 Å². The lowest BCUT2D eigenvalue weighted by molar-refractivity contribution is -0.133. The highest BCUT2D eigenvalue weighted by Gasteiger charge is 2.08. The molecule has 0 amide bonds. The third kappa shape index (κ3) is 4.58. The Labute approximate surface area is 121 Å². The normalized spacial score (nSPS) is 9.55. The number of benzene rings is 1. The summed E-state index contributed by atoms with van der Waals surface area (Å²) in [6.45, 7) is 4.00. The van der Waals surface area contributed by atoms with Gasteiger partial charge in [-0.2, -0.15) is 0 Å². The fourth-order valence-corrected chi connectivity index (χ4v) is 1.86.